The third kappa shape index (κ3) is 3.39. The van der Waals surface area contributed by atoms with E-state index in [-0.39, 0.29) is 11.9 Å². The average Bonchev–Trinajstić information content (AvgIpc) is 2.82. The highest BCUT2D eigenvalue weighted by Crippen LogP contribution is 2.33. The molecular weight excluding hydrogens is 312 g/mol. The summed E-state index contributed by atoms with van der Waals surface area (Å²) < 4.78 is 11.5. The summed E-state index contributed by atoms with van der Waals surface area (Å²) in [7, 11) is 3.22. The summed E-state index contributed by atoms with van der Waals surface area (Å²) in [6, 6.07) is 4.00. The fraction of sp³-hybridized carbons (Fsp3) is 0.462. The van der Waals surface area contributed by atoms with E-state index in [1.54, 1.807) is 14.2 Å². The van der Waals surface area contributed by atoms with Crippen LogP contribution in [0.15, 0.2) is 16.6 Å². The molecule has 1 aliphatic rings. The average molecular weight is 329 g/mol. The van der Waals surface area contributed by atoms with Gasteiger partial charge in [-0.2, -0.15) is 0 Å². The number of benzene rings is 1. The second-order valence-corrected chi connectivity index (χ2v) is 5.24. The van der Waals surface area contributed by atoms with Crippen LogP contribution >= 0.6 is 15.9 Å². The van der Waals surface area contributed by atoms with Gasteiger partial charge < -0.3 is 20.1 Å². The number of halogens is 1. The number of hydrogen-bond donors (Lipinski definition) is 2. The quantitative estimate of drug-likeness (QED) is 0.858. The Balaban J connectivity index is 2.05. The summed E-state index contributed by atoms with van der Waals surface area (Å²) in [6.45, 7) is 1.35. The van der Waals surface area contributed by atoms with Crippen LogP contribution in [0.2, 0.25) is 0 Å². The van der Waals surface area contributed by atoms with E-state index >= 15 is 0 Å². The second-order valence-electron chi connectivity index (χ2n) is 4.38. The van der Waals surface area contributed by atoms with Crippen LogP contribution in [-0.2, 0) is 11.3 Å². The Bertz CT molecular complexity index is 479. The minimum atomic E-state index is 0.101. The first-order valence-corrected chi connectivity index (χ1v) is 6.83. The predicted octanol–water partition coefficient (Wildman–Crippen LogP) is 1.44. The highest BCUT2D eigenvalue weighted by molar-refractivity contribution is 9.10. The van der Waals surface area contributed by atoms with Gasteiger partial charge in [0.1, 0.15) is 0 Å². The Morgan fingerprint density at radius 2 is 2.05 bits per heavy atom. The molecule has 2 rings (SSSR count). The monoisotopic (exact) mass is 328 g/mol. The molecular formula is C13H17BrN2O3. The topological polar surface area (TPSA) is 59.6 Å². The molecule has 1 fully saturated rings. The van der Waals surface area contributed by atoms with Crippen molar-refractivity contribution in [2.45, 2.75) is 19.0 Å². The Morgan fingerprint density at radius 1 is 1.37 bits per heavy atom. The Labute approximate surface area is 120 Å². The number of ether oxygens (including phenoxy) is 2. The van der Waals surface area contributed by atoms with Gasteiger partial charge in [0.2, 0.25) is 5.91 Å². The van der Waals surface area contributed by atoms with Gasteiger partial charge in [0.25, 0.3) is 0 Å². The summed E-state index contributed by atoms with van der Waals surface area (Å²) >= 11 is 3.51. The van der Waals surface area contributed by atoms with Crippen molar-refractivity contribution in [3.8, 4) is 11.5 Å². The Kier molecular flexibility index (Phi) is 4.66. The van der Waals surface area contributed by atoms with Crippen LogP contribution < -0.4 is 20.1 Å². The third-order valence-electron chi connectivity index (χ3n) is 3.11. The molecule has 6 heteroatoms. The van der Waals surface area contributed by atoms with Gasteiger partial charge in [-0.1, -0.05) is 15.9 Å². The van der Waals surface area contributed by atoms with Gasteiger partial charge in [0, 0.05) is 30.0 Å². The number of methoxy groups -OCH3 is 2. The van der Waals surface area contributed by atoms with Gasteiger partial charge in [0.15, 0.2) is 11.5 Å². The molecule has 0 bridgehead atoms. The molecule has 5 nitrogen and oxygen atoms in total. The number of hydrogen-bond acceptors (Lipinski definition) is 4. The van der Waals surface area contributed by atoms with Crippen molar-refractivity contribution in [2.24, 2.45) is 0 Å². The summed E-state index contributed by atoms with van der Waals surface area (Å²) in [6.07, 6.45) is 0.533. The lowest BCUT2D eigenvalue weighted by Crippen LogP contribution is -2.30. The van der Waals surface area contributed by atoms with E-state index < -0.39 is 0 Å². The number of rotatable bonds is 5. The molecule has 2 N–H and O–H groups in total. The summed E-state index contributed by atoms with van der Waals surface area (Å²) in [5.41, 5.74) is 1.07. The lowest BCUT2D eigenvalue weighted by molar-refractivity contribution is -0.119. The van der Waals surface area contributed by atoms with Gasteiger partial charge in [-0.15, -0.1) is 0 Å². The third-order valence-corrected chi connectivity index (χ3v) is 3.85. The van der Waals surface area contributed by atoms with Crippen molar-refractivity contribution in [1.29, 1.82) is 0 Å². The summed E-state index contributed by atoms with van der Waals surface area (Å²) in [5.74, 6) is 1.49. The summed E-state index contributed by atoms with van der Waals surface area (Å²) in [4.78, 5) is 11.1. The Hall–Kier alpha value is -1.27. The maximum absolute atomic E-state index is 11.1. The van der Waals surface area contributed by atoms with Crippen LogP contribution in [-0.4, -0.2) is 32.7 Å². The molecule has 1 aliphatic heterocycles. The van der Waals surface area contributed by atoms with Crippen LogP contribution in [0, 0.1) is 0 Å². The molecule has 0 aliphatic carbocycles. The predicted molar refractivity (Wildman–Crippen MR) is 75.5 cm³/mol. The molecule has 1 saturated heterocycles. The minimum Gasteiger partial charge on any atom is -0.493 e. The lowest BCUT2D eigenvalue weighted by atomic mass is 10.1. The van der Waals surface area contributed by atoms with Crippen molar-refractivity contribution in [2.75, 3.05) is 20.8 Å². The largest absolute Gasteiger partial charge is 0.493 e. The number of carbonyl (C=O) groups excluding carboxylic acids is 1. The first-order chi connectivity index (χ1) is 9.13. The second kappa shape index (κ2) is 6.25. The maximum atomic E-state index is 11.1. The molecule has 1 aromatic carbocycles. The minimum absolute atomic E-state index is 0.101. The van der Waals surface area contributed by atoms with E-state index in [0.29, 0.717) is 31.0 Å². The SMILES string of the molecule is COc1cc(Br)c(CNC2CNC(=O)C2)cc1OC. The van der Waals surface area contributed by atoms with Gasteiger partial charge in [-0.3, -0.25) is 4.79 Å². The molecule has 19 heavy (non-hydrogen) atoms. The zero-order valence-electron chi connectivity index (χ0n) is 11.0. The van der Waals surface area contributed by atoms with Crippen molar-refractivity contribution in [3.05, 3.63) is 22.2 Å². The number of carbonyl (C=O) groups is 1. The van der Waals surface area contributed by atoms with Gasteiger partial charge in [-0.25, -0.2) is 0 Å². The van der Waals surface area contributed by atoms with Crippen molar-refractivity contribution < 1.29 is 14.3 Å². The fourth-order valence-corrected chi connectivity index (χ4v) is 2.50. The molecule has 0 spiro atoms. The standard InChI is InChI=1S/C13H17BrN2O3/c1-18-11-3-8(10(14)5-12(11)19-2)6-15-9-4-13(17)16-7-9/h3,5,9,15H,4,6-7H2,1-2H3,(H,16,17). The molecule has 1 aromatic rings. The van der Waals surface area contributed by atoms with Gasteiger partial charge >= 0.3 is 0 Å². The van der Waals surface area contributed by atoms with Crippen molar-refractivity contribution >= 4 is 21.8 Å². The highest BCUT2D eigenvalue weighted by Gasteiger charge is 2.21. The number of nitrogens with one attached hydrogen (secondary N) is 2. The summed E-state index contributed by atoms with van der Waals surface area (Å²) in [5, 5.41) is 6.15. The smallest absolute Gasteiger partial charge is 0.221 e. The maximum Gasteiger partial charge on any atom is 0.221 e. The lowest BCUT2D eigenvalue weighted by Gasteiger charge is -2.14. The molecule has 1 amide bonds. The van der Waals surface area contributed by atoms with Crippen molar-refractivity contribution in [1.82, 2.24) is 10.6 Å². The van der Waals surface area contributed by atoms with E-state index in [1.165, 1.54) is 0 Å². The van der Waals surface area contributed by atoms with Crippen LogP contribution in [0.3, 0.4) is 0 Å². The van der Waals surface area contributed by atoms with Crippen LogP contribution in [0.4, 0.5) is 0 Å². The zero-order chi connectivity index (χ0) is 13.8. The van der Waals surface area contributed by atoms with Crippen LogP contribution in [0.25, 0.3) is 0 Å². The van der Waals surface area contributed by atoms with E-state index in [4.69, 9.17) is 9.47 Å². The van der Waals surface area contributed by atoms with Crippen molar-refractivity contribution in [3.63, 3.8) is 0 Å². The first kappa shape index (κ1) is 14.1. The first-order valence-electron chi connectivity index (χ1n) is 6.04. The van der Waals surface area contributed by atoms with E-state index in [1.807, 2.05) is 12.1 Å². The van der Waals surface area contributed by atoms with Crippen LogP contribution in [0.5, 0.6) is 11.5 Å². The van der Waals surface area contributed by atoms with Gasteiger partial charge in [0.05, 0.1) is 14.2 Å². The molecule has 0 aromatic heterocycles. The normalized spacial score (nSPS) is 18.3. The molecule has 0 saturated carbocycles. The fourth-order valence-electron chi connectivity index (χ4n) is 2.04. The van der Waals surface area contributed by atoms with E-state index in [9.17, 15) is 4.79 Å². The molecule has 104 valence electrons. The molecule has 1 unspecified atom stereocenters. The Morgan fingerprint density at radius 3 is 2.63 bits per heavy atom. The zero-order valence-corrected chi connectivity index (χ0v) is 12.5. The highest BCUT2D eigenvalue weighted by atomic mass is 79.9. The van der Waals surface area contributed by atoms with E-state index in [0.717, 1.165) is 10.0 Å². The van der Waals surface area contributed by atoms with E-state index in [2.05, 4.69) is 26.6 Å². The van der Waals surface area contributed by atoms with Crippen LogP contribution in [0.1, 0.15) is 12.0 Å². The molecule has 0 radical (unpaired) electrons. The molecule has 1 heterocycles. The van der Waals surface area contributed by atoms with Gasteiger partial charge in [-0.05, 0) is 17.7 Å². The molecule has 1 atom stereocenters. The number of amides is 1.